The van der Waals surface area contributed by atoms with E-state index in [9.17, 15) is 8.78 Å². The van der Waals surface area contributed by atoms with Crippen molar-refractivity contribution in [1.82, 2.24) is 15.6 Å². The van der Waals surface area contributed by atoms with Crippen molar-refractivity contribution >= 4 is 29.9 Å². The summed E-state index contributed by atoms with van der Waals surface area (Å²) in [6, 6.07) is 10.5. The number of alkyl halides is 2. The first-order valence-electron chi connectivity index (χ1n) is 7.58. The third-order valence-electron chi connectivity index (χ3n) is 3.29. The second-order valence-corrected chi connectivity index (χ2v) is 4.96. The van der Waals surface area contributed by atoms with E-state index in [1.165, 1.54) is 13.2 Å². The molecule has 2 aromatic rings. The maximum Gasteiger partial charge on any atom is 0.387 e. The molecule has 0 saturated carbocycles. The van der Waals surface area contributed by atoms with Crippen LogP contribution in [0.3, 0.4) is 0 Å². The van der Waals surface area contributed by atoms with Gasteiger partial charge in [0.05, 0.1) is 19.3 Å². The molecule has 0 amide bonds. The highest BCUT2D eigenvalue weighted by molar-refractivity contribution is 14.0. The van der Waals surface area contributed by atoms with Crippen molar-refractivity contribution in [3.8, 4) is 11.5 Å². The quantitative estimate of drug-likeness (QED) is 0.364. The number of ether oxygens (including phenoxy) is 2. The SMILES string of the molecule is CN=C(NCc1ccc(OC)c(OC(F)F)c1)NCc1ccccn1.I. The van der Waals surface area contributed by atoms with Gasteiger partial charge in [0.2, 0.25) is 0 Å². The normalized spacial score (nSPS) is 10.9. The molecule has 0 radical (unpaired) electrons. The molecule has 0 saturated heterocycles. The van der Waals surface area contributed by atoms with Gasteiger partial charge < -0.3 is 20.1 Å². The number of aromatic nitrogens is 1. The fraction of sp³-hybridized carbons (Fsp3) is 0.294. The predicted octanol–water partition coefficient (Wildman–Crippen LogP) is 3.17. The van der Waals surface area contributed by atoms with Gasteiger partial charge in [0.1, 0.15) is 0 Å². The van der Waals surface area contributed by atoms with Crippen molar-refractivity contribution in [2.75, 3.05) is 14.2 Å². The molecule has 2 N–H and O–H groups in total. The van der Waals surface area contributed by atoms with Gasteiger partial charge >= 0.3 is 6.61 Å². The number of pyridine rings is 1. The number of aliphatic imine (C=N–C) groups is 1. The van der Waals surface area contributed by atoms with Crippen LogP contribution in [0.1, 0.15) is 11.3 Å². The zero-order valence-electron chi connectivity index (χ0n) is 14.4. The summed E-state index contributed by atoms with van der Waals surface area (Å²) in [5, 5.41) is 6.23. The van der Waals surface area contributed by atoms with Crippen LogP contribution in [0.2, 0.25) is 0 Å². The number of benzene rings is 1. The summed E-state index contributed by atoms with van der Waals surface area (Å²) in [6.07, 6.45) is 1.72. The molecule has 0 atom stereocenters. The molecule has 6 nitrogen and oxygen atoms in total. The Bertz CT molecular complexity index is 702. The van der Waals surface area contributed by atoms with Gasteiger partial charge in [0.15, 0.2) is 17.5 Å². The molecule has 9 heteroatoms. The van der Waals surface area contributed by atoms with Crippen molar-refractivity contribution in [2.45, 2.75) is 19.7 Å². The Hall–Kier alpha value is -2.17. The van der Waals surface area contributed by atoms with Crippen molar-refractivity contribution in [3.05, 3.63) is 53.9 Å². The Morgan fingerprint density at radius 1 is 1.15 bits per heavy atom. The third-order valence-corrected chi connectivity index (χ3v) is 3.29. The minimum absolute atomic E-state index is 0. The molecule has 0 fully saturated rings. The van der Waals surface area contributed by atoms with Gasteiger partial charge in [-0.15, -0.1) is 24.0 Å². The molecule has 2 rings (SSSR count). The van der Waals surface area contributed by atoms with Gasteiger partial charge in [-0.2, -0.15) is 8.78 Å². The molecule has 0 aliphatic rings. The predicted molar refractivity (Wildman–Crippen MR) is 106 cm³/mol. The first kappa shape index (κ1) is 21.9. The molecule has 26 heavy (non-hydrogen) atoms. The van der Waals surface area contributed by atoms with Crippen molar-refractivity contribution in [2.24, 2.45) is 4.99 Å². The number of hydrogen-bond acceptors (Lipinski definition) is 4. The lowest BCUT2D eigenvalue weighted by molar-refractivity contribution is -0.0512. The Morgan fingerprint density at radius 3 is 2.54 bits per heavy atom. The average molecular weight is 478 g/mol. The highest BCUT2D eigenvalue weighted by Gasteiger charge is 2.11. The van der Waals surface area contributed by atoms with Crippen LogP contribution in [-0.4, -0.2) is 31.7 Å². The first-order valence-corrected chi connectivity index (χ1v) is 7.58. The molecule has 0 aliphatic heterocycles. The van der Waals surface area contributed by atoms with E-state index in [1.54, 1.807) is 25.4 Å². The van der Waals surface area contributed by atoms with Gasteiger partial charge in [-0.3, -0.25) is 9.98 Å². The van der Waals surface area contributed by atoms with E-state index < -0.39 is 6.61 Å². The maximum atomic E-state index is 12.5. The molecule has 142 valence electrons. The van der Waals surface area contributed by atoms with E-state index in [1.807, 2.05) is 18.2 Å². The minimum atomic E-state index is -2.91. The van der Waals surface area contributed by atoms with Crippen molar-refractivity contribution in [3.63, 3.8) is 0 Å². The van der Waals surface area contributed by atoms with Gasteiger partial charge in [-0.25, -0.2) is 0 Å². The van der Waals surface area contributed by atoms with Gasteiger partial charge in [-0.1, -0.05) is 12.1 Å². The average Bonchev–Trinajstić information content (AvgIpc) is 2.62. The van der Waals surface area contributed by atoms with E-state index in [0.717, 1.165) is 11.3 Å². The largest absolute Gasteiger partial charge is 0.493 e. The lowest BCUT2D eigenvalue weighted by atomic mass is 10.2. The first-order chi connectivity index (χ1) is 12.1. The summed E-state index contributed by atoms with van der Waals surface area (Å²) in [6.45, 7) is -2.01. The molecule has 0 aliphatic carbocycles. The smallest absolute Gasteiger partial charge is 0.387 e. The standard InChI is InChI=1S/C17H20F2N4O2.HI/c1-20-17(23-11-13-5-3-4-8-21-13)22-10-12-6-7-14(24-2)15(9-12)25-16(18)19;/h3-9,16H,10-11H2,1-2H3,(H2,20,22,23);1H. The zero-order chi connectivity index (χ0) is 18.1. The number of nitrogens with one attached hydrogen (secondary N) is 2. The third kappa shape index (κ3) is 6.98. The lowest BCUT2D eigenvalue weighted by Gasteiger charge is -2.14. The molecular formula is C17H21F2IN4O2. The van der Waals surface area contributed by atoms with Crippen LogP contribution in [0.25, 0.3) is 0 Å². The highest BCUT2D eigenvalue weighted by atomic mass is 127. The molecule has 1 heterocycles. The van der Waals surface area contributed by atoms with Crippen LogP contribution in [0, 0.1) is 0 Å². The Balaban J connectivity index is 0.00000338. The lowest BCUT2D eigenvalue weighted by Crippen LogP contribution is -2.36. The van der Waals surface area contributed by atoms with E-state index >= 15 is 0 Å². The van der Waals surface area contributed by atoms with Gasteiger partial charge in [-0.05, 0) is 29.8 Å². The van der Waals surface area contributed by atoms with Crippen molar-refractivity contribution in [1.29, 1.82) is 0 Å². The van der Waals surface area contributed by atoms with Gasteiger partial charge in [0.25, 0.3) is 0 Å². The molecule has 0 spiro atoms. The summed E-state index contributed by atoms with van der Waals surface area (Å²) in [7, 11) is 3.04. The number of rotatable bonds is 7. The van der Waals surface area contributed by atoms with Gasteiger partial charge in [0, 0.05) is 19.8 Å². The van der Waals surface area contributed by atoms with Crippen LogP contribution in [0.4, 0.5) is 8.78 Å². The summed E-state index contributed by atoms with van der Waals surface area (Å²) in [5.41, 5.74) is 1.62. The molecular weight excluding hydrogens is 457 g/mol. The topological polar surface area (TPSA) is 67.8 Å². The highest BCUT2D eigenvalue weighted by Crippen LogP contribution is 2.29. The van der Waals surface area contributed by atoms with E-state index in [4.69, 9.17) is 4.74 Å². The number of methoxy groups -OCH3 is 1. The van der Waals surface area contributed by atoms with E-state index in [0.29, 0.717) is 19.0 Å². The molecule has 1 aromatic carbocycles. The summed E-state index contributed by atoms with van der Waals surface area (Å²) >= 11 is 0. The second-order valence-electron chi connectivity index (χ2n) is 4.96. The monoisotopic (exact) mass is 478 g/mol. The molecule has 1 aromatic heterocycles. The summed E-state index contributed by atoms with van der Waals surface area (Å²) in [5.74, 6) is 0.813. The number of nitrogens with zero attached hydrogens (tertiary/aromatic N) is 2. The van der Waals surface area contributed by atoms with Crippen LogP contribution in [0.5, 0.6) is 11.5 Å². The minimum Gasteiger partial charge on any atom is -0.493 e. The number of guanidine groups is 1. The maximum absolute atomic E-state index is 12.5. The van der Waals surface area contributed by atoms with Crippen LogP contribution in [0.15, 0.2) is 47.6 Å². The second kappa shape index (κ2) is 11.4. The molecule has 0 unspecified atom stereocenters. The van der Waals surface area contributed by atoms with Crippen LogP contribution < -0.4 is 20.1 Å². The fourth-order valence-electron chi connectivity index (χ4n) is 2.10. The van der Waals surface area contributed by atoms with E-state index in [-0.39, 0.29) is 35.5 Å². The van der Waals surface area contributed by atoms with Crippen molar-refractivity contribution < 1.29 is 18.3 Å². The van der Waals surface area contributed by atoms with E-state index in [2.05, 4.69) is 25.3 Å². The summed E-state index contributed by atoms with van der Waals surface area (Å²) in [4.78, 5) is 8.33. The molecule has 0 bridgehead atoms. The summed E-state index contributed by atoms with van der Waals surface area (Å²) < 4.78 is 34.4. The Labute approximate surface area is 168 Å². The Kier molecular flexibility index (Phi) is 9.63. The fourth-order valence-corrected chi connectivity index (χ4v) is 2.10. The zero-order valence-corrected chi connectivity index (χ0v) is 16.7. The number of hydrogen-bond donors (Lipinski definition) is 2. The van der Waals surface area contributed by atoms with Crippen LogP contribution in [-0.2, 0) is 13.1 Å². The Morgan fingerprint density at radius 2 is 1.92 bits per heavy atom. The van der Waals surface area contributed by atoms with Crippen LogP contribution >= 0.6 is 24.0 Å². The number of halogens is 3.